The molecule has 1 atom stereocenters. The normalized spacial score (nSPS) is 20.9. The average molecular weight is 630 g/mol. The van der Waals surface area contributed by atoms with Crippen LogP contribution in [0.25, 0.3) is 32.9 Å². The molecule has 1 N–H and O–H groups in total. The number of ether oxygens (including phenoxy) is 2. The van der Waals surface area contributed by atoms with Gasteiger partial charge in [0.15, 0.2) is 0 Å². The lowest BCUT2D eigenvalue weighted by Crippen LogP contribution is -2.54. The van der Waals surface area contributed by atoms with Gasteiger partial charge in [0.25, 0.3) is 11.8 Å². The van der Waals surface area contributed by atoms with Gasteiger partial charge in [-0.25, -0.2) is 4.98 Å². The van der Waals surface area contributed by atoms with E-state index < -0.39 is 29.7 Å². The quantitative estimate of drug-likeness (QED) is 0.251. The lowest BCUT2D eigenvalue weighted by molar-refractivity contribution is -0.136. The molecule has 0 spiro atoms. The van der Waals surface area contributed by atoms with Crippen LogP contribution in [0.3, 0.4) is 0 Å². The van der Waals surface area contributed by atoms with Crippen molar-refractivity contribution in [3.8, 4) is 17.0 Å². The van der Waals surface area contributed by atoms with Crippen molar-refractivity contribution in [2.45, 2.75) is 50.4 Å². The molecule has 11 nitrogen and oxygen atoms in total. The zero-order valence-corrected chi connectivity index (χ0v) is 25.6. The van der Waals surface area contributed by atoms with Crippen LogP contribution in [0.1, 0.15) is 52.0 Å². The summed E-state index contributed by atoms with van der Waals surface area (Å²) in [6.07, 6.45) is 7.96. The second kappa shape index (κ2) is 11.4. The smallest absolute Gasteiger partial charge is 0.262 e. The summed E-state index contributed by atoms with van der Waals surface area (Å²) in [7, 11) is 2.07. The van der Waals surface area contributed by atoms with Gasteiger partial charge >= 0.3 is 0 Å². The second-order valence-corrected chi connectivity index (χ2v) is 12.4. The number of piperidine rings is 1. The summed E-state index contributed by atoms with van der Waals surface area (Å²) in [5, 5.41) is 4.52. The van der Waals surface area contributed by atoms with Crippen molar-refractivity contribution in [3.05, 3.63) is 89.9 Å². The number of amides is 4. The Hall–Kier alpha value is -5.42. The fraction of sp³-hybridized carbons (Fsp3) is 0.278. The zero-order valence-electron chi connectivity index (χ0n) is 25.6. The Morgan fingerprint density at radius 1 is 0.851 bits per heavy atom. The highest BCUT2D eigenvalue weighted by atomic mass is 16.5. The lowest BCUT2D eigenvalue weighted by Gasteiger charge is -2.34. The van der Waals surface area contributed by atoms with Crippen LogP contribution < -0.4 is 10.1 Å². The maximum Gasteiger partial charge on any atom is 0.262 e. The van der Waals surface area contributed by atoms with E-state index in [2.05, 4.69) is 45.1 Å². The van der Waals surface area contributed by atoms with E-state index in [-0.39, 0.29) is 36.2 Å². The Balaban J connectivity index is 0.826. The van der Waals surface area contributed by atoms with Gasteiger partial charge in [-0.1, -0.05) is 18.2 Å². The molecule has 5 heterocycles. The van der Waals surface area contributed by atoms with Crippen molar-refractivity contribution in [1.29, 1.82) is 0 Å². The van der Waals surface area contributed by atoms with E-state index in [0.29, 0.717) is 18.9 Å². The molecule has 1 saturated heterocycles. The number of hydrogen-bond donors (Lipinski definition) is 1. The minimum Gasteiger partial charge on any atom is -0.474 e. The van der Waals surface area contributed by atoms with Crippen LogP contribution in [-0.2, 0) is 27.8 Å². The molecule has 5 aromatic rings. The summed E-state index contributed by atoms with van der Waals surface area (Å²) in [6.45, 7) is 0.458. The van der Waals surface area contributed by atoms with Crippen molar-refractivity contribution < 1.29 is 28.7 Å². The molecule has 2 fully saturated rings. The number of aryl methyl sites for hydroxylation is 1. The van der Waals surface area contributed by atoms with Gasteiger partial charge in [-0.15, -0.1) is 0 Å². The SMILES string of the molecule is Cn1c2ccncc2c2ccc(-c3ccc(O[C@H]4C[C@H](OCCc5ccc6c(c5)C(=O)N(C5CCC(=O)NC5=O)C6=O)C4)nc3)cc21. The Morgan fingerprint density at radius 2 is 1.68 bits per heavy atom. The molecule has 2 aromatic carbocycles. The Bertz CT molecular complexity index is 2100. The third-order valence-electron chi connectivity index (χ3n) is 9.47. The monoisotopic (exact) mass is 629 g/mol. The van der Waals surface area contributed by atoms with Gasteiger partial charge in [0.2, 0.25) is 17.7 Å². The maximum absolute atomic E-state index is 13.1. The van der Waals surface area contributed by atoms with Gasteiger partial charge in [0.05, 0.1) is 29.4 Å². The molecular formula is C36H31N5O6. The number of fused-ring (bicyclic) bond motifs is 4. The number of rotatable bonds is 8. The van der Waals surface area contributed by atoms with Crippen LogP contribution in [0.4, 0.5) is 0 Å². The van der Waals surface area contributed by atoms with Gasteiger partial charge in [-0.3, -0.25) is 34.4 Å². The third-order valence-corrected chi connectivity index (χ3v) is 9.47. The zero-order chi connectivity index (χ0) is 32.2. The topological polar surface area (TPSA) is 133 Å². The number of benzene rings is 2. The fourth-order valence-corrected chi connectivity index (χ4v) is 6.79. The van der Waals surface area contributed by atoms with Crippen LogP contribution in [0.5, 0.6) is 5.88 Å². The number of hydrogen-bond acceptors (Lipinski definition) is 8. The molecule has 1 saturated carbocycles. The fourth-order valence-electron chi connectivity index (χ4n) is 6.79. The molecule has 4 amide bonds. The molecule has 1 unspecified atom stereocenters. The number of carbonyl (C=O) groups excluding carboxylic acids is 4. The van der Waals surface area contributed by atoms with Gasteiger partial charge in [-0.2, -0.15) is 0 Å². The first-order chi connectivity index (χ1) is 22.8. The molecule has 2 aliphatic heterocycles. The molecule has 236 valence electrons. The number of imide groups is 2. The van der Waals surface area contributed by atoms with Gasteiger partial charge in [0.1, 0.15) is 12.1 Å². The van der Waals surface area contributed by atoms with E-state index in [4.69, 9.17) is 9.47 Å². The number of nitrogens with one attached hydrogen (secondary N) is 1. The van der Waals surface area contributed by atoms with Crippen LogP contribution in [-0.4, -0.2) is 67.9 Å². The Morgan fingerprint density at radius 3 is 2.49 bits per heavy atom. The van der Waals surface area contributed by atoms with E-state index in [9.17, 15) is 19.2 Å². The number of aromatic nitrogens is 3. The highest BCUT2D eigenvalue weighted by Gasteiger charge is 2.44. The highest BCUT2D eigenvalue weighted by molar-refractivity contribution is 6.23. The predicted molar refractivity (Wildman–Crippen MR) is 172 cm³/mol. The summed E-state index contributed by atoms with van der Waals surface area (Å²) >= 11 is 0. The van der Waals surface area contributed by atoms with Gasteiger partial charge in [0, 0.05) is 72.8 Å². The van der Waals surface area contributed by atoms with Gasteiger partial charge in [-0.05, 0) is 54.3 Å². The molecule has 0 bridgehead atoms. The first-order valence-corrected chi connectivity index (χ1v) is 15.8. The number of nitrogens with zero attached hydrogens (tertiary/aromatic N) is 4. The van der Waals surface area contributed by atoms with E-state index in [1.807, 2.05) is 36.8 Å². The maximum atomic E-state index is 13.1. The molecule has 3 aliphatic rings. The van der Waals surface area contributed by atoms with Crippen molar-refractivity contribution in [2.24, 2.45) is 7.05 Å². The number of pyridine rings is 2. The summed E-state index contributed by atoms with van der Waals surface area (Å²) < 4.78 is 14.3. The van der Waals surface area contributed by atoms with Crippen molar-refractivity contribution >= 4 is 45.4 Å². The third kappa shape index (κ3) is 5.12. The van der Waals surface area contributed by atoms with Crippen molar-refractivity contribution in [1.82, 2.24) is 24.8 Å². The van der Waals surface area contributed by atoms with Crippen molar-refractivity contribution in [2.75, 3.05) is 6.61 Å². The minimum atomic E-state index is -0.974. The summed E-state index contributed by atoms with van der Waals surface area (Å²) in [5.41, 5.74) is 5.80. The van der Waals surface area contributed by atoms with E-state index in [1.165, 1.54) is 5.39 Å². The van der Waals surface area contributed by atoms with Crippen molar-refractivity contribution in [3.63, 3.8) is 0 Å². The van der Waals surface area contributed by atoms with Gasteiger partial charge < -0.3 is 14.0 Å². The molecular weight excluding hydrogens is 598 g/mol. The molecule has 1 aliphatic carbocycles. The molecule has 3 aromatic heterocycles. The molecule has 47 heavy (non-hydrogen) atoms. The van der Waals surface area contributed by atoms with Crippen LogP contribution >= 0.6 is 0 Å². The Labute approximate surface area is 269 Å². The summed E-state index contributed by atoms with van der Waals surface area (Å²) in [6, 6.07) is 16.5. The van der Waals surface area contributed by atoms with E-state index in [1.54, 1.807) is 18.2 Å². The first kappa shape index (κ1) is 29.0. The molecule has 8 rings (SSSR count). The summed E-state index contributed by atoms with van der Waals surface area (Å²) in [4.78, 5) is 59.6. The predicted octanol–water partition coefficient (Wildman–Crippen LogP) is 4.36. The first-order valence-electron chi connectivity index (χ1n) is 15.8. The minimum absolute atomic E-state index is 0.0287. The van der Waals surface area contributed by atoms with Crippen LogP contribution in [0.15, 0.2) is 73.2 Å². The van der Waals surface area contributed by atoms with Crippen LogP contribution in [0, 0.1) is 0 Å². The second-order valence-electron chi connectivity index (χ2n) is 12.4. The highest BCUT2D eigenvalue weighted by Crippen LogP contribution is 2.33. The average Bonchev–Trinajstić information content (AvgIpc) is 3.49. The van der Waals surface area contributed by atoms with Crippen LogP contribution in [0.2, 0.25) is 0 Å². The molecule has 11 heteroatoms. The lowest BCUT2D eigenvalue weighted by atomic mass is 9.92. The largest absolute Gasteiger partial charge is 0.474 e. The van der Waals surface area contributed by atoms with E-state index in [0.717, 1.165) is 50.9 Å². The summed E-state index contributed by atoms with van der Waals surface area (Å²) in [5.74, 6) is -1.45. The Kier molecular flexibility index (Phi) is 7.06. The molecule has 0 radical (unpaired) electrons. The van der Waals surface area contributed by atoms with E-state index >= 15 is 0 Å². The number of carbonyl (C=O) groups is 4. The standard InChI is InChI=1S/C36H31N5O6/c1-40-29-10-12-37-19-28(29)25-6-3-21(15-31(25)40)22-4-9-33(38-18-22)47-24-16-23(17-24)46-13-11-20-2-5-26-27(14-20)36(45)41(35(26)44)30-7-8-32(42)39-34(30)43/h2-6,9-10,12,14-15,18-19,23-24,30H,7-8,11,13,16-17H2,1H3,(H,39,42,43)/t23-,24-,30?.